The molecule has 0 bridgehead atoms. The first-order valence-electron chi connectivity index (χ1n) is 6.78. The van der Waals surface area contributed by atoms with Gasteiger partial charge in [0.2, 0.25) is 5.91 Å². The van der Waals surface area contributed by atoms with E-state index in [1.165, 1.54) is 14.0 Å². The number of rotatable bonds is 4. The number of nitrogens with one attached hydrogen (secondary N) is 2. The van der Waals surface area contributed by atoms with E-state index in [9.17, 15) is 14.4 Å². The van der Waals surface area contributed by atoms with Gasteiger partial charge < -0.3 is 15.4 Å². The molecule has 120 valence electrons. The minimum atomic E-state index is -0.430. The molecular weight excluding hydrogens is 316 g/mol. The largest absolute Gasteiger partial charge is 0.465 e. The number of amides is 2. The predicted octanol–water partition coefficient (Wildman–Crippen LogP) is 3.05. The van der Waals surface area contributed by atoms with E-state index in [2.05, 4.69) is 10.6 Å². The molecule has 2 amide bonds. The number of carbonyl (C=O) groups excluding carboxylic acids is 3. The van der Waals surface area contributed by atoms with Crippen LogP contribution in [0.25, 0.3) is 0 Å². The Hall–Kier alpha value is -2.67. The molecule has 1 aromatic carbocycles. The van der Waals surface area contributed by atoms with Crippen LogP contribution in [0, 0.1) is 6.92 Å². The number of methoxy groups -OCH3 is 1. The summed E-state index contributed by atoms with van der Waals surface area (Å²) in [4.78, 5) is 35.4. The monoisotopic (exact) mass is 332 g/mol. The lowest BCUT2D eigenvalue weighted by molar-refractivity contribution is -0.114. The maximum Gasteiger partial charge on any atom is 0.348 e. The molecule has 0 atom stereocenters. The summed E-state index contributed by atoms with van der Waals surface area (Å²) in [5, 5.41) is 5.91. The summed E-state index contributed by atoms with van der Waals surface area (Å²) in [6.07, 6.45) is 0. The summed E-state index contributed by atoms with van der Waals surface area (Å²) >= 11 is 1.15. The van der Waals surface area contributed by atoms with Crippen LogP contribution in [0.2, 0.25) is 0 Å². The fraction of sp³-hybridized carbons (Fsp3) is 0.188. The zero-order chi connectivity index (χ0) is 17.0. The van der Waals surface area contributed by atoms with Crippen LogP contribution in [-0.2, 0) is 9.53 Å². The molecule has 2 rings (SSSR count). The van der Waals surface area contributed by atoms with Gasteiger partial charge in [-0.3, -0.25) is 9.59 Å². The molecule has 0 spiro atoms. The van der Waals surface area contributed by atoms with E-state index in [0.717, 1.165) is 16.9 Å². The molecule has 0 radical (unpaired) electrons. The molecule has 0 unspecified atom stereocenters. The van der Waals surface area contributed by atoms with Crippen molar-refractivity contribution in [2.45, 2.75) is 13.8 Å². The summed E-state index contributed by atoms with van der Waals surface area (Å²) in [5.74, 6) is -0.963. The van der Waals surface area contributed by atoms with E-state index in [1.54, 1.807) is 37.3 Å². The molecule has 0 aliphatic carbocycles. The van der Waals surface area contributed by atoms with Gasteiger partial charge in [0.05, 0.1) is 12.1 Å². The molecule has 0 saturated carbocycles. The maximum atomic E-state index is 12.3. The van der Waals surface area contributed by atoms with Gasteiger partial charge in [0.15, 0.2) is 0 Å². The number of benzene rings is 1. The Labute approximate surface area is 137 Å². The van der Waals surface area contributed by atoms with Crippen molar-refractivity contribution in [2.24, 2.45) is 0 Å². The van der Waals surface area contributed by atoms with Crippen LogP contribution in [0.3, 0.4) is 0 Å². The van der Waals surface area contributed by atoms with Crippen molar-refractivity contribution in [1.29, 1.82) is 0 Å². The van der Waals surface area contributed by atoms with E-state index >= 15 is 0 Å². The number of thiophene rings is 1. The van der Waals surface area contributed by atoms with Crippen LogP contribution in [0.1, 0.15) is 32.5 Å². The topological polar surface area (TPSA) is 84.5 Å². The maximum absolute atomic E-state index is 12.3. The number of aryl methyl sites for hydroxylation is 1. The zero-order valence-corrected chi connectivity index (χ0v) is 13.7. The minimum absolute atomic E-state index is 0.209. The van der Waals surface area contributed by atoms with Gasteiger partial charge in [-0.1, -0.05) is 6.07 Å². The summed E-state index contributed by atoms with van der Waals surface area (Å²) in [7, 11) is 1.31. The van der Waals surface area contributed by atoms with Gasteiger partial charge in [0, 0.05) is 18.2 Å². The standard InChI is InChI=1S/C16H16N2O4S/c1-9-7-13(23-14(9)16(21)22-3)18-15(20)11-5-4-6-12(8-11)17-10(2)19/h4-8H,1-3H3,(H,17,19)(H,18,20). The summed E-state index contributed by atoms with van der Waals surface area (Å²) in [5.41, 5.74) is 1.69. The van der Waals surface area contributed by atoms with Gasteiger partial charge in [-0.15, -0.1) is 11.3 Å². The summed E-state index contributed by atoms with van der Waals surface area (Å²) in [6, 6.07) is 8.32. The normalized spacial score (nSPS) is 10.0. The Bertz CT molecular complexity index is 767. The second kappa shape index (κ2) is 7.06. The van der Waals surface area contributed by atoms with Crippen molar-refractivity contribution >= 4 is 39.8 Å². The fourth-order valence-electron chi connectivity index (χ4n) is 1.96. The Kier molecular flexibility index (Phi) is 5.13. The molecule has 7 heteroatoms. The average molecular weight is 332 g/mol. The third-order valence-corrected chi connectivity index (χ3v) is 4.10. The SMILES string of the molecule is COC(=O)c1sc(NC(=O)c2cccc(NC(C)=O)c2)cc1C. The first-order valence-corrected chi connectivity index (χ1v) is 7.60. The Balaban J connectivity index is 2.16. The Morgan fingerprint density at radius 2 is 1.87 bits per heavy atom. The minimum Gasteiger partial charge on any atom is -0.465 e. The van der Waals surface area contributed by atoms with Crippen molar-refractivity contribution in [3.8, 4) is 0 Å². The average Bonchev–Trinajstić information content (AvgIpc) is 2.86. The molecule has 23 heavy (non-hydrogen) atoms. The summed E-state index contributed by atoms with van der Waals surface area (Å²) < 4.78 is 4.69. The second-order valence-corrected chi connectivity index (χ2v) is 5.88. The highest BCUT2D eigenvalue weighted by Crippen LogP contribution is 2.27. The van der Waals surface area contributed by atoms with Crippen molar-refractivity contribution in [1.82, 2.24) is 0 Å². The van der Waals surface area contributed by atoms with Crippen molar-refractivity contribution in [3.63, 3.8) is 0 Å². The number of hydrogen-bond donors (Lipinski definition) is 2. The molecule has 0 fully saturated rings. The van der Waals surface area contributed by atoms with Gasteiger partial charge in [-0.2, -0.15) is 0 Å². The highest BCUT2D eigenvalue weighted by Gasteiger charge is 2.16. The Morgan fingerprint density at radius 1 is 1.13 bits per heavy atom. The van der Waals surface area contributed by atoms with E-state index < -0.39 is 5.97 Å². The van der Waals surface area contributed by atoms with Gasteiger partial charge in [0.25, 0.3) is 5.91 Å². The molecular formula is C16H16N2O4S. The van der Waals surface area contributed by atoms with E-state index in [-0.39, 0.29) is 11.8 Å². The molecule has 2 aromatic rings. The first-order chi connectivity index (χ1) is 10.9. The predicted molar refractivity (Wildman–Crippen MR) is 89.1 cm³/mol. The van der Waals surface area contributed by atoms with Crippen molar-refractivity contribution in [2.75, 3.05) is 17.7 Å². The Morgan fingerprint density at radius 3 is 2.52 bits per heavy atom. The lowest BCUT2D eigenvalue weighted by Gasteiger charge is -2.06. The smallest absolute Gasteiger partial charge is 0.348 e. The van der Waals surface area contributed by atoms with E-state index in [1.807, 2.05) is 0 Å². The second-order valence-electron chi connectivity index (χ2n) is 4.83. The van der Waals surface area contributed by atoms with E-state index in [0.29, 0.717) is 21.1 Å². The van der Waals surface area contributed by atoms with Crippen LogP contribution in [-0.4, -0.2) is 24.9 Å². The quantitative estimate of drug-likeness (QED) is 0.843. The number of carbonyl (C=O) groups is 3. The number of hydrogen-bond acceptors (Lipinski definition) is 5. The number of esters is 1. The van der Waals surface area contributed by atoms with Crippen molar-refractivity contribution in [3.05, 3.63) is 46.3 Å². The highest BCUT2D eigenvalue weighted by atomic mass is 32.1. The zero-order valence-electron chi connectivity index (χ0n) is 12.9. The van der Waals surface area contributed by atoms with Gasteiger partial charge in [0.1, 0.15) is 4.88 Å². The summed E-state index contributed by atoms with van der Waals surface area (Å²) in [6.45, 7) is 3.17. The number of ether oxygens (including phenoxy) is 1. The lowest BCUT2D eigenvalue weighted by atomic mass is 10.2. The fourth-order valence-corrected chi connectivity index (χ4v) is 2.95. The third-order valence-electron chi connectivity index (χ3n) is 2.97. The van der Waals surface area contributed by atoms with Crippen LogP contribution in [0.4, 0.5) is 10.7 Å². The first kappa shape index (κ1) is 16.7. The molecule has 1 aromatic heterocycles. The third kappa shape index (κ3) is 4.17. The molecule has 6 nitrogen and oxygen atoms in total. The van der Waals surface area contributed by atoms with E-state index in [4.69, 9.17) is 4.74 Å². The van der Waals surface area contributed by atoms with Gasteiger partial charge >= 0.3 is 5.97 Å². The van der Waals surface area contributed by atoms with Crippen LogP contribution >= 0.6 is 11.3 Å². The van der Waals surface area contributed by atoms with Gasteiger partial charge in [-0.25, -0.2) is 4.79 Å². The van der Waals surface area contributed by atoms with Crippen LogP contribution in [0.5, 0.6) is 0 Å². The molecule has 1 heterocycles. The number of anilines is 2. The molecule has 0 aliphatic rings. The van der Waals surface area contributed by atoms with Crippen LogP contribution < -0.4 is 10.6 Å². The molecule has 0 saturated heterocycles. The lowest BCUT2D eigenvalue weighted by Crippen LogP contribution is -2.12. The van der Waals surface area contributed by atoms with Crippen LogP contribution in [0.15, 0.2) is 30.3 Å². The van der Waals surface area contributed by atoms with Gasteiger partial charge in [-0.05, 0) is 36.8 Å². The van der Waals surface area contributed by atoms with Crippen molar-refractivity contribution < 1.29 is 19.1 Å². The highest BCUT2D eigenvalue weighted by molar-refractivity contribution is 7.18. The molecule has 2 N–H and O–H groups in total. The molecule has 0 aliphatic heterocycles.